The number of rotatable bonds is 7. The highest BCUT2D eigenvalue weighted by molar-refractivity contribution is 9.10. The van der Waals surface area contributed by atoms with Gasteiger partial charge < -0.3 is 13.9 Å². The fraction of sp³-hybridized carbons (Fsp3) is 0.542. The Balaban J connectivity index is 2.02. The van der Waals surface area contributed by atoms with E-state index in [1.807, 2.05) is 60.6 Å². The van der Waals surface area contributed by atoms with Crippen molar-refractivity contribution in [2.45, 2.75) is 66.5 Å². The first-order valence-electron chi connectivity index (χ1n) is 11.3. The molecule has 1 atom stereocenters. The van der Waals surface area contributed by atoms with Gasteiger partial charge in [-0.2, -0.15) is 0 Å². The Labute approximate surface area is 212 Å². The molecule has 0 fully saturated rings. The molecule has 0 radical (unpaired) electrons. The predicted octanol–water partition coefficient (Wildman–Crippen LogP) is 7.47. The Kier molecular flexibility index (Phi) is 8.13. The SMILES string of the molecule is CCCN(C(=O)OCC(C)C)[C@@H](C)c1nc(-c2cc3oc(Br)cc3s2)cn1C(=O)OC(C)(C)C. The highest BCUT2D eigenvalue weighted by Gasteiger charge is 2.30. The average Bonchev–Trinajstić information content (AvgIpc) is 3.41. The number of thiophene rings is 1. The van der Waals surface area contributed by atoms with Crippen molar-refractivity contribution in [3.05, 3.63) is 28.8 Å². The number of carbonyl (C=O) groups is 2. The van der Waals surface area contributed by atoms with Crippen LogP contribution in [0.1, 0.15) is 66.8 Å². The van der Waals surface area contributed by atoms with Crippen LogP contribution in [0.2, 0.25) is 0 Å². The lowest BCUT2D eigenvalue weighted by atomic mass is 10.2. The molecule has 0 aliphatic rings. The summed E-state index contributed by atoms with van der Waals surface area (Å²) in [5.41, 5.74) is 0.654. The minimum absolute atomic E-state index is 0.218. The summed E-state index contributed by atoms with van der Waals surface area (Å²) < 4.78 is 19.8. The molecule has 10 heteroatoms. The van der Waals surface area contributed by atoms with Gasteiger partial charge >= 0.3 is 12.2 Å². The van der Waals surface area contributed by atoms with E-state index >= 15 is 0 Å². The van der Waals surface area contributed by atoms with Crippen molar-refractivity contribution in [1.82, 2.24) is 14.5 Å². The topological polar surface area (TPSA) is 86.8 Å². The van der Waals surface area contributed by atoms with Crippen LogP contribution in [0.3, 0.4) is 0 Å². The van der Waals surface area contributed by atoms with E-state index in [-0.39, 0.29) is 5.92 Å². The Bertz CT molecular complexity index is 1130. The molecule has 8 nitrogen and oxygen atoms in total. The zero-order valence-corrected chi connectivity index (χ0v) is 23.1. The van der Waals surface area contributed by atoms with Crippen LogP contribution in [0.4, 0.5) is 9.59 Å². The second kappa shape index (κ2) is 10.5. The van der Waals surface area contributed by atoms with Gasteiger partial charge in [-0.15, -0.1) is 11.3 Å². The van der Waals surface area contributed by atoms with Crippen LogP contribution in [-0.4, -0.2) is 45.4 Å². The molecule has 3 rings (SSSR count). The van der Waals surface area contributed by atoms with Crippen molar-refractivity contribution in [2.24, 2.45) is 5.92 Å². The molecule has 0 bridgehead atoms. The molecule has 3 aromatic heterocycles. The Morgan fingerprint density at radius 2 is 1.97 bits per heavy atom. The zero-order chi connectivity index (χ0) is 25.2. The summed E-state index contributed by atoms with van der Waals surface area (Å²) in [6.45, 7) is 14.0. The van der Waals surface area contributed by atoms with E-state index in [1.54, 1.807) is 11.1 Å². The summed E-state index contributed by atoms with van der Waals surface area (Å²) >= 11 is 4.85. The van der Waals surface area contributed by atoms with Crippen LogP contribution in [0.25, 0.3) is 20.9 Å². The van der Waals surface area contributed by atoms with Crippen LogP contribution >= 0.6 is 27.3 Å². The first-order chi connectivity index (χ1) is 15.9. The van der Waals surface area contributed by atoms with Crippen LogP contribution < -0.4 is 0 Å². The van der Waals surface area contributed by atoms with Crippen molar-refractivity contribution in [2.75, 3.05) is 13.2 Å². The summed E-state index contributed by atoms with van der Waals surface area (Å²) in [7, 11) is 0. The predicted molar refractivity (Wildman–Crippen MR) is 136 cm³/mol. The first kappa shape index (κ1) is 26.3. The summed E-state index contributed by atoms with van der Waals surface area (Å²) in [4.78, 5) is 33.2. The average molecular weight is 555 g/mol. The maximum atomic E-state index is 13.1. The molecule has 0 spiro atoms. The van der Waals surface area contributed by atoms with Gasteiger partial charge in [0.05, 0.1) is 27.9 Å². The molecule has 0 unspecified atom stereocenters. The minimum Gasteiger partial charge on any atom is -0.449 e. The fourth-order valence-corrected chi connectivity index (χ4v) is 4.87. The number of fused-ring (bicyclic) bond motifs is 1. The van der Waals surface area contributed by atoms with Crippen molar-refractivity contribution < 1.29 is 23.5 Å². The number of nitrogens with zero attached hydrogens (tertiary/aromatic N) is 3. The van der Waals surface area contributed by atoms with Gasteiger partial charge in [-0.05, 0) is 56.0 Å². The summed E-state index contributed by atoms with van der Waals surface area (Å²) in [6, 6.07) is 3.27. The van der Waals surface area contributed by atoms with E-state index in [9.17, 15) is 9.59 Å². The monoisotopic (exact) mass is 553 g/mol. The highest BCUT2D eigenvalue weighted by atomic mass is 79.9. The van der Waals surface area contributed by atoms with Gasteiger partial charge in [-0.3, -0.25) is 4.90 Å². The van der Waals surface area contributed by atoms with Crippen LogP contribution in [0.15, 0.2) is 27.4 Å². The number of carbonyl (C=O) groups excluding carboxylic acids is 2. The van der Waals surface area contributed by atoms with E-state index in [0.717, 1.165) is 21.6 Å². The van der Waals surface area contributed by atoms with E-state index in [0.29, 0.717) is 29.3 Å². The van der Waals surface area contributed by atoms with Crippen molar-refractivity contribution in [3.8, 4) is 10.6 Å². The number of imidazole rings is 1. The molecule has 1 amide bonds. The summed E-state index contributed by atoms with van der Waals surface area (Å²) in [5, 5.41) is 0. The van der Waals surface area contributed by atoms with E-state index in [1.165, 1.54) is 15.9 Å². The second-order valence-electron chi connectivity index (χ2n) is 9.56. The van der Waals surface area contributed by atoms with Crippen LogP contribution in [0.5, 0.6) is 0 Å². The van der Waals surface area contributed by atoms with E-state index < -0.39 is 23.8 Å². The van der Waals surface area contributed by atoms with Gasteiger partial charge in [0, 0.05) is 24.9 Å². The smallest absolute Gasteiger partial charge is 0.420 e. The van der Waals surface area contributed by atoms with Crippen molar-refractivity contribution in [3.63, 3.8) is 0 Å². The molecular formula is C24H32BrN3O5S. The number of aromatic nitrogens is 2. The Hall–Kier alpha value is -2.33. The minimum atomic E-state index is -0.684. The largest absolute Gasteiger partial charge is 0.449 e. The lowest BCUT2D eigenvalue weighted by molar-refractivity contribution is 0.0508. The number of amides is 1. The Morgan fingerprint density at radius 3 is 2.56 bits per heavy atom. The first-order valence-corrected chi connectivity index (χ1v) is 13.0. The number of hydrogen-bond acceptors (Lipinski definition) is 7. The molecule has 186 valence electrons. The van der Waals surface area contributed by atoms with Gasteiger partial charge in [0.25, 0.3) is 0 Å². The normalized spacial score (nSPS) is 12.9. The standard InChI is InChI=1S/C24H32BrN3O5S/c1-8-9-27(22(29)31-13-14(2)3)15(4)21-26-16(12-28(21)23(30)33-24(5,6)7)18-10-17-19(34-18)11-20(25)32-17/h10-12,14-15H,8-9,13H2,1-7H3/t15-/m0/s1. The van der Waals surface area contributed by atoms with Crippen molar-refractivity contribution >= 4 is 49.7 Å². The number of furan rings is 1. The van der Waals surface area contributed by atoms with Crippen LogP contribution in [-0.2, 0) is 9.47 Å². The van der Waals surface area contributed by atoms with E-state index in [2.05, 4.69) is 15.9 Å². The number of halogens is 1. The third-order valence-corrected chi connectivity index (χ3v) is 6.31. The number of hydrogen-bond donors (Lipinski definition) is 0. The molecular weight excluding hydrogens is 522 g/mol. The molecule has 0 saturated carbocycles. The lowest BCUT2D eigenvalue weighted by Crippen LogP contribution is -2.37. The van der Waals surface area contributed by atoms with Gasteiger partial charge in [0.1, 0.15) is 17.0 Å². The molecule has 0 aromatic carbocycles. The third-order valence-electron chi connectivity index (χ3n) is 4.83. The maximum absolute atomic E-state index is 13.1. The zero-order valence-electron chi connectivity index (χ0n) is 20.7. The van der Waals surface area contributed by atoms with Gasteiger partial charge in [-0.25, -0.2) is 19.1 Å². The van der Waals surface area contributed by atoms with Gasteiger partial charge in [0.2, 0.25) is 0 Å². The fourth-order valence-electron chi connectivity index (χ4n) is 3.34. The highest BCUT2D eigenvalue weighted by Crippen LogP contribution is 2.37. The molecule has 0 aliphatic carbocycles. The molecule has 0 N–H and O–H groups in total. The molecule has 0 saturated heterocycles. The number of ether oxygens (including phenoxy) is 2. The van der Waals surface area contributed by atoms with Gasteiger partial charge in [-0.1, -0.05) is 20.8 Å². The van der Waals surface area contributed by atoms with Crippen molar-refractivity contribution in [1.29, 1.82) is 0 Å². The third kappa shape index (κ3) is 6.21. The van der Waals surface area contributed by atoms with Crippen LogP contribution in [0, 0.1) is 5.92 Å². The van der Waals surface area contributed by atoms with E-state index in [4.69, 9.17) is 18.9 Å². The molecule has 3 aromatic rings. The molecule has 0 aliphatic heterocycles. The summed E-state index contributed by atoms with van der Waals surface area (Å²) in [5.74, 6) is 0.626. The molecule has 34 heavy (non-hydrogen) atoms. The second-order valence-corrected chi connectivity index (χ2v) is 11.4. The quantitative estimate of drug-likeness (QED) is 0.301. The summed E-state index contributed by atoms with van der Waals surface area (Å²) in [6.07, 6.45) is 1.41. The maximum Gasteiger partial charge on any atom is 0.420 e. The van der Waals surface area contributed by atoms with Gasteiger partial charge in [0.15, 0.2) is 4.67 Å². The lowest BCUT2D eigenvalue weighted by Gasteiger charge is -2.28. The molecule has 3 heterocycles. The Morgan fingerprint density at radius 1 is 1.26 bits per heavy atom.